The maximum Gasteiger partial charge on any atom is 0.254 e. The summed E-state index contributed by atoms with van der Waals surface area (Å²) in [5.74, 6) is 0.200. The van der Waals surface area contributed by atoms with Crippen LogP contribution < -0.4 is 5.32 Å². The van der Waals surface area contributed by atoms with Crippen LogP contribution in [-0.2, 0) is 11.2 Å². The fourth-order valence-electron chi connectivity index (χ4n) is 3.03. The number of hydrogen-bond donors (Lipinski definition) is 2. The van der Waals surface area contributed by atoms with E-state index in [-0.39, 0.29) is 17.7 Å². The number of hydrogen-bond acceptors (Lipinski definition) is 3. The van der Waals surface area contributed by atoms with Crippen LogP contribution in [0.25, 0.3) is 0 Å². The van der Waals surface area contributed by atoms with Crippen LogP contribution in [0.1, 0.15) is 28.0 Å². The second kappa shape index (κ2) is 7.29. The van der Waals surface area contributed by atoms with Crippen LogP contribution in [0.5, 0.6) is 0 Å². The zero-order valence-electron chi connectivity index (χ0n) is 13.8. The molecule has 2 heterocycles. The zero-order valence-corrected chi connectivity index (χ0v) is 13.8. The maximum atomic E-state index is 12.1. The Morgan fingerprint density at radius 3 is 2.88 bits per heavy atom. The fraction of sp³-hybridized carbons (Fsp3) is 0.389. The normalized spacial score (nSPS) is 17.3. The number of aryl methyl sites for hydroxylation is 1. The second-order valence-corrected chi connectivity index (χ2v) is 6.26. The number of carbonyl (C=O) groups is 2. The van der Waals surface area contributed by atoms with E-state index in [4.69, 9.17) is 0 Å². The molecule has 0 saturated carbocycles. The Balaban J connectivity index is 1.46. The molecule has 2 amide bonds. The molecule has 1 aliphatic rings. The molecule has 1 aliphatic heterocycles. The van der Waals surface area contributed by atoms with Gasteiger partial charge in [0.05, 0.1) is 11.8 Å². The van der Waals surface area contributed by atoms with E-state index < -0.39 is 0 Å². The van der Waals surface area contributed by atoms with Gasteiger partial charge in [0, 0.05) is 37.7 Å². The molecule has 0 aliphatic carbocycles. The van der Waals surface area contributed by atoms with Crippen molar-refractivity contribution >= 4 is 11.8 Å². The minimum absolute atomic E-state index is 0.142. The fourth-order valence-corrected chi connectivity index (χ4v) is 3.03. The molecule has 126 valence electrons. The van der Waals surface area contributed by atoms with Crippen LogP contribution in [0.4, 0.5) is 0 Å². The van der Waals surface area contributed by atoms with Crippen LogP contribution >= 0.6 is 0 Å². The molecule has 1 aromatic carbocycles. The lowest BCUT2D eigenvalue weighted by atomic mass is 10.1. The smallest absolute Gasteiger partial charge is 0.254 e. The van der Waals surface area contributed by atoms with Crippen LogP contribution in [0.15, 0.2) is 36.5 Å². The van der Waals surface area contributed by atoms with Crippen molar-refractivity contribution in [2.45, 2.75) is 19.8 Å². The molecule has 1 fully saturated rings. The minimum Gasteiger partial charge on any atom is -0.352 e. The summed E-state index contributed by atoms with van der Waals surface area (Å²) in [6, 6.07) is 10.2. The van der Waals surface area contributed by atoms with Crippen molar-refractivity contribution in [1.29, 1.82) is 0 Å². The van der Waals surface area contributed by atoms with E-state index in [1.807, 2.05) is 30.0 Å². The van der Waals surface area contributed by atoms with Crippen molar-refractivity contribution < 1.29 is 9.59 Å². The van der Waals surface area contributed by atoms with E-state index >= 15 is 0 Å². The number of benzene rings is 1. The number of likely N-dealkylation sites (tertiary alicyclic amines) is 1. The van der Waals surface area contributed by atoms with E-state index in [0.717, 1.165) is 18.7 Å². The molecular weight excluding hydrogens is 304 g/mol. The molecule has 2 aromatic rings. The molecule has 1 aromatic heterocycles. The lowest BCUT2D eigenvalue weighted by Crippen LogP contribution is -2.32. The SMILES string of the molecule is Cc1[nH]ncc1C(=O)NC[C@@H]1CC(=O)N(CCc2ccccc2)C1. The van der Waals surface area contributed by atoms with Gasteiger partial charge in [-0.05, 0) is 18.9 Å². The topological polar surface area (TPSA) is 78.1 Å². The van der Waals surface area contributed by atoms with Crippen LogP contribution in [0.2, 0.25) is 0 Å². The van der Waals surface area contributed by atoms with Gasteiger partial charge in [-0.2, -0.15) is 5.10 Å². The van der Waals surface area contributed by atoms with Gasteiger partial charge < -0.3 is 10.2 Å². The Hall–Kier alpha value is -2.63. The highest BCUT2D eigenvalue weighted by Crippen LogP contribution is 2.18. The first-order chi connectivity index (χ1) is 11.6. The molecule has 6 heteroatoms. The minimum atomic E-state index is -0.142. The van der Waals surface area contributed by atoms with Crippen molar-refractivity contribution in [3.8, 4) is 0 Å². The number of amides is 2. The quantitative estimate of drug-likeness (QED) is 0.845. The third kappa shape index (κ3) is 3.82. The number of carbonyl (C=O) groups excluding carboxylic acids is 2. The molecule has 1 saturated heterocycles. The second-order valence-electron chi connectivity index (χ2n) is 6.26. The number of rotatable bonds is 6. The summed E-state index contributed by atoms with van der Waals surface area (Å²) in [7, 11) is 0. The van der Waals surface area contributed by atoms with Gasteiger partial charge in [-0.3, -0.25) is 14.7 Å². The van der Waals surface area contributed by atoms with Gasteiger partial charge in [0.15, 0.2) is 0 Å². The first kappa shape index (κ1) is 16.2. The molecule has 1 atom stereocenters. The molecule has 0 spiro atoms. The van der Waals surface area contributed by atoms with Gasteiger partial charge in [0.2, 0.25) is 5.91 Å². The Morgan fingerprint density at radius 2 is 2.17 bits per heavy atom. The molecule has 24 heavy (non-hydrogen) atoms. The maximum absolute atomic E-state index is 12.1. The highest BCUT2D eigenvalue weighted by molar-refractivity contribution is 5.95. The van der Waals surface area contributed by atoms with Crippen LogP contribution in [0.3, 0.4) is 0 Å². The number of aromatic nitrogens is 2. The van der Waals surface area contributed by atoms with Crippen LogP contribution in [-0.4, -0.2) is 46.5 Å². The Morgan fingerprint density at radius 1 is 1.38 bits per heavy atom. The highest BCUT2D eigenvalue weighted by atomic mass is 16.2. The van der Waals surface area contributed by atoms with Gasteiger partial charge in [-0.25, -0.2) is 0 Å². The Kier molecular flexibility index (Phi) is 4.93. The molecule has 3 rings (SSSR count). The first-order valence-electron chi connectivity index (χ1n) is 8.23. The molecule has 0 radical (unpaired) electrons. The summed E-state index contributed by atoms with van der Waals surface area (Å²) in [6.07, 6.45) is 2.88. The largest absolute Gasteiger partial charge is 0.352 e. The number of nitrogens with one attached hydrogen (secondary N) is 2. The third-order valence-corrected chi connectivity index (χ3v) is 4.43. The molecule has 2 N–H and O–H groups in total. The first-order valence-corrected chi connectivity index (χ1v) is 8.23. The van der Waals surface area contributed by atoms with Crippen LogP contribution in [0, 0.1) is 12.8 Å². The van der Waals surface area contributed by atoms with Crippen molar-refractivity contribution in [1.82, 2.24) is 20.4 Å². The lowest BCUT2D eigenvalue weighted by molar-refractivity contribution is -0.127. The van der Waals surface area contributed by atoms with Crippen molar-refractivity contribution in [3.05, 3.63) is 53.3 Å². The third-order valence-electron chi connectivity index (χ3n) is 4.43. The Labute approximate surface area is 141 Å². The molecular formula is C18H22N4O2. The monoisotopic (exact) mass is 326 g/mol. The summed E-state index contributed by atoms with van der Waals surface area (Å²) in [5.41, 5.74) is 2.54. The van der Waals surface area contributed by atoms with E-state index in [2.05, 4.69) is 27.6 Å². The summed E-state index contributed by atoms with van der Waals surface area (Å²) in [5, 5.41) is 9.51. The summed E-state index contributed by atoms with van der Waals surface area (Å²) in [4.78, 5) is 26.1. The van der Waals surface area contributed by atoms with E-state index in [1.165, 1.54) is 11.8 Å². The summed E-state index contributed by atoms with van der Waals surface area (Å²) >= 11 is 0. The number of nitrogens with zero attached hydrogens (tertiary/aromatic N) is 2. The average Bonchev–Trinajstić information content (AvgIpc) is 3.17. The predicted octanol–water partition coefficient (Wildman–Crippen LogP) is 1.54. The zero-order chi connectivity index (χ0) is 16.9. The number of aromatic amines is 1. The standard InChI is InChI=1S/C18H22N4O2/c1-13-16(11-20-21-13)18(24)19-10-15-9-17(23)22(12-15)8-7-14-5-3-2-4-6-14/h2-6,11,15H,7-10,12H2,1H3,(H,19,24)(H,20,21)/t15-/m0/s1. The van der Waals surface area contributed by atoms with Crippen molar-refractivity contribution in [2.24, 2.45) is 5.92 Å². The number of H-pyrrole nitrogens is 1. The van der Waals surface area contributed by atoms with Gasteiger partial charge in [0.1, 0.15) is 0 Å². The van der Waals surface area contributed by atoms with E-state index in [1.54, 1.807) is 0 Å². The van der Waals surface area contributed by atoms with Gasteiger partial charge >= 0.3 is 0 Å². The average molecular weight is 326 g/mol. The van der Waals surface area contributed by atoms with Crippen molar-refractivity contribution in [3.63, 3.8) is 0 Å². The molecule has 0 unspecified atom stereocenters. The van der Waals surface area contributed by atoms with Gasteiger partial charge in [-0.15, -0.1) is 0 Å². The lowest BCUT2D eigenvalue weighted by Gasteiger charge is -2.17. The van der Waals surface area contributed by atoms with E-state index in [9.17, 15) is 9.59 Å². The summed E-state index contributed by atoms with van der Waals surface area (Å²) < 4.78 is 0. The predicted molar refractivity (Wildman–Crippen MR) is 90.5 cm³/mol. The van der Waals surface area contributed by atoms with Gasteiger partial charge in [0.25, 0.3) is 5.91 Å². The highest BCUT2D eigenvalue weighted by Gasteiger charge is 2.29. The summed E-state index contributed by atoms with van der Waals surface area (Å²) in [6.45, 7) is 3.76. The molecule has 6 nitrogen and oxygen atoms in total. The van der Waals surface area contributed by atoms with Gasteiger partial charge in [-0.1, -0.05) is 30.3 Å². The van der Waals surface area contributed by atoms with E-state index in [0.29, 0.717) is 25.1 Å². The molecule has 0 bridgehead atoms. The Bertz CT molecular complexity index is 711. The van der Waals surface area contributed by atoms with Crippen molar-refractivity contribution in [2.75, 3.05) is 19.6 Å².